The van der Waals surface area contributed by atoms with Gasteiger partial charge in [-0.2, -0.15) is 0 Å². The van der Waals surface area contributed by atoms with Crippen molar-refractivity contribution in [1.29, 1.82) is 0 Å². The van der Waals surface area contributed by atoms with Gasteiger partial charge in [-0.25, -0.2) is 19.2 Å². The van der Waals surface area contributed by atoms with Crippen LogP contribution in [0, 0.1) is 27.7 Å². The van der Waals surface area contributed by atoms with E-state index in [0.717, 1.165) is 22.3 Å². The van der Waals surface area contributed by atoms with E-state index in [0.29, 0.717) is 22.3 Å². The molecule has 0 saturated carbocycles. The van der Waals surface area contributed by atoms with Crippen molar-refractivity contribution in [3.05, 3.63) is 142 Å². The molecule has 4 rings (SSSR count). The van der Waals surface area contributed by atoms with Crippen molar-refractivity contribution in [2.75, 3.05) is 46.2 Å². The quantitative estimate of drug-likeness (QED) is 0.0646. The zero-order valence-corrected chi connectivity index (χ0v) is 36.1. The van der Waals surface area contributed by atoms with Gasteiger partial charge >= 0.3 is 23.9 Å². The van der Waals surface area contributed by atoms with Gasteiger partial charge < -0.3 is 38.3 Å². The molecule has 4 aromatic rings. The lowest BCUT2D eigenvalue weighted by molar-refractivity contribution is -0.149. The fourth-order valence-corrected chi connectivity index (χ4v) is 5.73. The molecule has 12 nitrogen and oxygen atoms in total. The Hall–Kier alpha value is -5.40. The van der Waals surface area contributed by atoms with E-state index in [1.165, 1.54) is 6.92 Å². The number of aliphatic hydroxyl groups excluding tert-OH is 1. The Kier molecular flexibility index (Phi) is 16.3. The third kappa shape index (κ3) is 14.7. The van der Waals surface area contributed by atoms with Crippen molar-refractivity contribution in [3.8, 4) is 0 Å². The summed E-state index contributed by atoms with van der Waals surface area (Å²) < 4.78 is 41.7. The number of aliphatic hydroxyl groups is 1. The molecule has 3 unspecified atom stereocenters. The average molecular weight is 827 g/mol. The maximum Gasteiger partial charge on any atom is 0.338 e. The van der Waals surface area contributed by atoms with E-state index < -0.39 is 52.9 Å². The lowest BCUT2D eigenvalue weighted by Crippen LogP contribution is -2.48. The van der Waals surface area contributed by atoms with Crippen LogP contribution >= 0.6 is 0 Å². The van der Waals surface area contributed by atoms with Crippen LogP contribution in [0.2, 0.25) is 0 Å². The van der Waals surface area contributed by atoms with Gasteiger partial charge in [0.2, 0.25) is 0 Å². The summed E-state index contributed by atoms with van der Waals surface area (Å²) in [6, 6.07) is 27.6. The van der Waals surface area contributed by atoms with E-state index in [1.54, 1.807) is 113 Å². The zero-order chi connectivity index (χ0) is 44.1. The molecule has 0 aliphatic rings. The first-order chi connectivity index (χ1) is 28.2. The molecule has 1 N–H and O–H groups in total. The minimum Gasteiger partial charge on any atom is -0.454 e. The van der Waals surface area contributed by atoms with Gasteiger partial charge in [0.1, 0.15) is 5.60 Å². The van der Waals surface area contributed by atoms with Crippen molar-refractivity contribution in [2.24, 2.45) is 0 Å². The molecular weight excluding hydrogens is 769 g/mol. The van der Waals surface area contributed by atoms with Crippen LogP contribution in [-0.4, -0.2) is 97.6 Å². The Labute approximate surface area is 353 Å². The number of rotatable bonds is 21. The minimum atomic E-state index is -1.44. The van der Waals surface area contributed by atoms with Gasteiger partial charge in [-0.05, 0) is 111 Å². The molecule has 3 atom stereocenters. The number of hydrogen-bond acceptors (Lipinski definition) is 12. The van der Waals surface area contributed by atoms with Gasteiger partial charge in [-0.3, -0.25) is 0 Å². The smallest absolute Gasteiger partial charge is 0.338 e. The minimum absolute atomic E-state index is 0.0416. The van der Waals surface area contributed by atoms with Crippen LogP contribution in [0.5, 0.6) is 0 Å². The van der Waals surface area contributed by atoms with Gasteiger partial charge in [0.15, 0.2) is 16.8 Å². The van der Waals surface area contributed by atoms with Crippen LogP contribution < -0.4 is 0 Å². The predicted octanol–water partition coefficient (Wildman–Crippen LogP) is 7.74. The summed E-state index contributed by atoms with van der Waals surface area (Å²) in [7, 11) is 0. The Bertz CT molecular complexity index is 2040. The third-order valence-corrected chi connectivity index (χ3v) is 9.36. The van der Waals surface area contributed by atoms with Crippen molar-refractivity contribution in [3.63, 3.8) is 0 Å². The molecular formula is C48H58O12. The van der Waals surface area contributed by atoms with E-state index >= 15 is 0 Å². The van der Waals surface area contributed by atoms with Gasteiger partial charge in [0, 0.05) is 0 Å². The SMILES string of the molecule is Cc1ccc(C(=O)OC(C)(C)COCC(C)(COCC(C)(COCC(C)(CO)OC(=O)c2ccc(C)cc2)OC(=O)c2ccc(C)cc2)OC(=O)c2ccc(C)cc2)cc1. The number of hydrogen-bond donors (Lipinski definition) is 1. The van der Waals surface area contributed by atoms with Crippen LogP contribution in [-0.2, 0) is 33.2 Å². The standard InChI is InChI=1S/C48H58O12/c1-33-10-18-37(19-11-33)41(50)57-45(5,6)27-54-29-47(8,59-43(52)39-22-14-35(3)15-23-39)31-56-32-48(9,60-44(53)40-24-16-36(4)17-25-40)30-55-28-46(7,26-49)58-42(51)38-20-12-34(2)13-21-38/h10-25,49H,26-32H2,1-9H3. The molecule has 0 aliphatic carbocycles. The maximum absolute atomic E-state index is 13.4. The second kappa shape index (κ2) is 20.7. The summed E-state index contributed by atoms with van der Waals surface area (Å²) in [6.07, 6.45) is 0. The molecule has 60 heavy (non-hydrogen) atoms. The molecule has 0 spiro atoms. The number of carbonyl (C=O) groups is 4. The second-order valence-corrected chi connectivity index (χ2v) is 16.8. The Morgan fingerprint density at radius 1 is 0.383 bits per heavy atom. The lowest BCUT2D eigenvalue weighted by atomic mass is 10.1. The number of carbonyl (C=O) groups excluding carboxylic acids is 4. The second-order valence-electron chi connectivity index (χ2n) is 16.8. The van der Waals surface area contributed by atoms with Crippen LogP contribution in [0.15, 0.2) is 97.1 Å². The summed E-state index contributed by atoms with van der Waals surface area (Å²) >= 11 is 0. The molecule has 0 saturated heterocycles. The molecule has 12 heteroatoms. The molecule has 4 aromatic carbocycles. The highest BCUT2D eigenvalue weighted by Gasteiger charge is 2.37. The van der Waals surface area contributed by atoms with E-state index in [-0.39, 0.29) is 39.6 Å². The molecule has 0 amide bonds. The van der Waals surface area contributed by atoms with Crippen LogP contribution in [0.1, 0.15) is 98.3 Å². The first kappa shape index (κ1) is 47.3. The highest BCUT2D eigenvalue weighted by molar-refractivity contribution is 5.91. The summed E-state index contributed by atoms with van der Waals surface area (Å²) in [5, 5.41) is 10.3. The largest absolute Gasteiger partial charge is 0.454 e. The fraction of sp³-hybridized carbons (Fsp3) is 0.417. The van der Waals surface area contributed by atoms with E-state index in [4.69, 9.17) is 33.2 Å². The number of benzene rings is 4. The van der Waals surface area contributed by atoms with E-state index in [9.17, 15) is 24.3 Å². The number of ether oxygens (including phenoxy) is 7. The zero-order valence-electron chi connectivity index (χ0n) is 36.1. The van der Waals surface area contributed by atoms with E-state index in [2.05, 4.69) is 0 Å². The molecule has 322 valence electrons. The molecule has 0 aliphatic heterocycles. The fourth-order valence-electron chi connectivity index (χ4n) is 5.73. The first-order valence-corrected chi connectivity index (χ1v) is 19.8. The topological polar surface area (TPSA) is 153 Å². The monoisotopic (exact) mass is 826 g/mol. The van der Waals surface area contributed by atoms with Crippen molar-refractivity contribution in [1.82, 2.24) is 0 Å². The molecule has 0 heterocycles. The van der Waals surface area contributed by atoms with Crippen molar-refractivity contribution < 1.29 is 57.4 Å². The average Bonchev–Trinajstić information content (AvgIpc) is 3.18. The molecule has 0 fully saturated rings. The van der Waals surface area contributed by atoms with Crippen LogP contribution in [0.4, 0.5) is 0 Å². The van der Waals surface area contributed by atoms with Gasteiger partial charge in [0.25, 0.3) is 0 Å². The maximum atomic E-state index is 13.4. The Morgan fingerprint density at radius 2 is 0.617 bits per heavy atom. The molecule has 0 bridgehead atoms. The lowest BCUT2D eigenvalue weighted by Gasteiger charge is -2.34. The molecule has 0 aromatic heterocycles. The van der Waals surface area contributed by atoms with Gasteiger partial charge in [0.05, 0.1) is 68.5 Å². The summed E-state index contributed by atoms with van der Waals surface area (Å²) in [5.74, 6) is -2.40. The predicted molar refractivity (Wildman–Crippen MR) is 225 cm³/mol. The summed E-state index contributed by atoms with van der Waals surface area (Å²) in [4.78, 5) is 52.7. The summed E-state index contributed by atoms with van der Waals surface area (Å²) in [5.41, 5.74) is -0.0763. The van der Waals surface area contributed by atoms with Crippen LogP contribution in [0.3, 0.4) is 0 Å². The Morgan fingerprint density at radius 3 is 0.900 bits per heavy atom. The molecule has 0 radical (unpaired) electrons. The number of aryl methyl sites for hydroxylation is 4. The Balaban J connectivity index is 1.48. The van der Waals surface area contributed by atoms with Crippen molar-refractivity contribution in [2.45, 2.75) is 84.7 Å². The van der Waals surface area contributed by atoms with Gasteiger partial charge in [-0.15, -0.1) is 0 Å². The number of esters is 4. The normalized spacial score (nSPS) is 14.5. The van der Waals surface area contributed by atoms with E-state index in [1.807, 2.05) is 39.8 Å². The van der Waals surface area contributed by atoms with Crippen LogP contribution in [0.25, 0.3) is 0 Å². The first-order valence-electron chi connectivity index (χ1n) is 19.8. The van der Waals surface area contributed by atoms with Crippen molar-refractivity contribution >= 4 is 23.9 Å². The summed E-state index contributed by atoms with van der Waals surface area (Å²) in [6.45, 7) is 14.2. The highest BCUT2D eigenvalue weighted by Crippen LogP contribution is 2.23. The third-order valence-electron chi connectivity index (χ3n) is 9.36. The van der Waals surface area contributed by atoms with Gasteiger partial charge in [-0.1, -0.05) is 70.8 Å². The highest BCUT2D eigenvalue weighted by atomic mass is 16.6.